The molecule has 9 heteroatoms. The fourth-order valence-electron chi connectivity index (χ4n) is 4.20. The van der Waals surface area contributed by atoms with Crippen LogP contribution < -0.4 is 10.6 Å². The van der Waals surface area contributed by atoms with Crippen molar-refractivity contribution in [2.24, 2.45) is 5.41 Å². The molecule has 0 saturated carbocycles. The summed E-state index contributed by atoms with van der Waals surface area (Å²) in [5.74, 6) is 1.47. The summed E-state index contributed by atoms with van der Waals surface area (Å²) >= 11 is 0. The molecule has 0 aliphatic carbocycles. The Morgan fingerprint density at radius 3 is 3.00 bits per heavy atom. The summed E-state index contributed by atoms with van der Waals surface area (Å²) in [5, 5.41) is 10.1. The van der Waals surface area contributed by atoms with E-state index in [9.17, 15) is 9.59 Å². The average molecular weight is 372 g/mol. The van der Waals surface area contributed by atoms with Gasteiger partial charge in [-0.3, -0.25) is 4.79 Å². The Bertz CT molecular complexity index is 817. The molecule has 2 aromatic rings. The molecule has 0 radical (unpaired) electrons. The van der Waals surface area contributed by atoms with Gasteiger partial charge in [0.05, 0.1) is 18.7 Å². The van der Waals surface area contributed by atoms with Crippen LogP contribution >= 0.6 is 0 Å². The molecule has 2 aliphatic heterocycles. The third-order valence-corrected chi connectivity index (χ3v) is 5.59. The summed E-state index contributed by atoms with van der Waals surface area (Å²) in [6.07, 6.45) is 5.02. The van der Waals surface area contributed by atoms with E-state index in [-0.39, 0.29) is 29.8 Å². The van der Waals surface area contributed by atoms with Crippen LogP contribution in [0.15, 0.2) is 29.1 Å². The van der Waals surface area contributed by atoms with Gasteiger partial charge in [0, 0.05) is 31.6 Å². The van der Waals surface area contributed by atoms with E-state index < -0.39 is 0 Å². The van der Waals surface area contributed by atoms with Crippen LogP contribution in [0, 0.1) is 5.41 Å². The molecule has 0 aromatic carbocycles. The average Bonchev–Trinajstić information content (AvgIpc) is 3.39. The molecular weight excluding hydrogens is 348 g/mol. The first-order valence-electron chi connectivity index (χ1n) is 9.33. The Morgan fingerprint density at radius 2 is 2.22 bits per heavy atom. The number of aryl methyl sites for hydroxylation is 1. The molecule has 0 unspecified atom stereocenters. The van der Waals surface area contributed by atoms with E-state index in [4.69, 9.17) is 4.42 Å². The molecule has 1 spiro atoms. The number of hydrogen-bond donors (Lipinski definition) is 2. The van der Waals surface area contributed by atoms with Crippen molar-refractivity contribution < 1.29 is 14.0 Å². The summed E-state index contributed by atoms with van der Waals surface area (Å²) in [4.78, 5) is 31.2. The molecule has 4 rings (SSSR count). The Morgan fingerprint density at radius 1 is 1.37 bits per heavy atom. The first-order valence-corrected chi connectivity index (χ1v) is 9.33. The molecular formula is C18H24N6O3. The number of likely N-dealkylation sites (tertiary alicyclic amines) is 1. The van der Waals surface area contributed by atoms with Crippen molar-refractivity contribution in [3.8, 4) is 0 Å². The van der Waals surface area contributed by atoms with Gasteiger partial charge in [0.15, 0.2) is 0 Å². The van der Waals surface area contributed by atoms with Crippen LogP contribution in [0.5, 0.6) is 0 Å². The molecule has 3 amide bonds. The number of carbonyl (C=O) groups excluding carboxylic acids is 2. The summed E-state index contributed by atoms with van der Waals surface area (Å²) < 4.78 is 7.15. The highest BCUT2D eigenvalue weighted by molar-refractivity contribution is 5.78. The second-order valence-electron chi connectivity index (χ2n) is 7.21. The van der Waals surface area contributed by atoms with Gasteiger partial charge in [-0.05, 0) is 31.9 Å². The van der Waals surface area contributed by atoms with E-state index in [0.29, 0.717) is 25.4 Å². The van der Waals surface area contributed by atoms with E-state index in [2.05, 4.69) is 20.7 Å². The van der Waals surface area contributed by atoms with Crippen molar-refractivity contribution in [1.82, 2.24) is 30.3 Å². The predicted molar refractivity (Wildman–Crippen MR) is 95.6 cm³/mol. The Kier molecular flexibility index (Phi) is 4.59. The monoisotopic (exact) mass is 372 g/mol. The number of hydrogen-bond acceptors (Lipinski definition) is 5. The molecule has 1 saturated heterocycles. The fraction of sp³-hybridized carbons (Fsp3) is 0.556. The summed E-state index contributed by atoms with van der Waals surface area (Å²) in [7, 11) is 0. The van der Waals surface area contributed by atoms with Crippen molar-refractivity contribution in [2.75, 3.05) is 19.6 Å². The molecule has 2 aliphatic rings. The van der Waals surface area contributed by atoms with Crippen molar-refractivity contribution in [2.45, 2.75) is 38.8 Å². The number of nitrogens with one attached hydrogen (secondary N) is 2. The largest absolute Gasteiger partial charge is 0.469 e. The maximum atomic E-state index is 12.7. The number of urea groups is 1. The van der Waals surface area contributed by atoms with Crippen LogP contribution in [0.2, 0.25) is 0 Å². The van der Waals surface area contributed by atoms with Gasteiger partial charge in [-0.1, -0.05) is 0 Å². The van der Waals surface area contributed by atoms with E-state index >= 15 is 0 Å². The van der Waals surface area contributed by atoms with E-state index in [1.54, 1.807) is 12.3 Å². The molecule has 144 valence electrons. The Hall–Kier alpha value is -2.84. The lowest BCUT2D eigenvalue weighted by molar-refractivity contribution is -0.130. The van der Waals surface area contributed by atoms with Gasteiger partial charge in [0.1, 0.15) is 17.9 Å². The Balaban J connectivity index is 1.53. The number of nitrogens with zero attached hydrogens (tertiary/aromatic N) is 4. The summed E-state index contributed by atoms with van der Waals surface area (Å²) in [6.45, 7) is 4.43. The maximum Gasteiger partial charge on any atom is 0.315 e. The zero-order valence-electron chi connectivity index (χ0n) is 15.4. The lowest BCUT2D eigenvalue weighted by Crippen LogP contribution is -2.50. The van der Waals surface area contributed by atoms with Crippen molar-refractivity contribution in [3.63, 3.8) is 0 Å². The lowest BCUT2D eigenvalue weighted by atomic mass is 9.74. The number of carbonyl (C=O) groups is 2. The minimum absolute atomic E-state index is 0.0469. The molecule has 1 fully saturated rings. The van der Waals surface area contributed by atoms with Crippen LogP contribution in [-0.2, 0) is 17.8 Å². The molecule has 2 aromatic heterocycles. The highest BCUT2D eigenvalue weighted by atomic mass is 16.3. The first-order chi connectivity index (χ1) is 13.1. The third-order valence-electron chi connectivity index (χ3n) is 5.59. The van der Waals surface area contributed by atoms with Gasteiger partial charge in [0.2, 0.25) is 5.91 Å². The highest BCUT2D eigenvalue weighted by Crippen LogP contribution is 2.47. The molecule has 4 heterocycles. The normalized spacial score (nSPS) is 24.0. The SMILES string of the molecule is CCNC(=O)N[C@@H]1c2ncnn2CC[C@]12CCN(C(=O)Cc1ccco1)C2. The standard InChI is InChI=1S/C18H24N6O3/c1-2-19-17(26)22-15-16-20-12-21-24(16)8-6-18(15)5-7-23(11-18)14(25)10-13-4-3-9-27-13/h3-4,9,12,15H,2,5-8,10-11H2,1H3,(H2,19,22,26)/t15-,18+/m1/s1. The molecule has 0 bridgehead atoms. The van der Waals surface area contributed by atoms with Crippen LogP contribution in [0.25, 0.3) is 0 Å². The van der Waals surface area contributed by atoms with E-state index in [0.717, 1.165) is 25.2 Å². The smallest absolute Gasteiger partial charge is 0.315 e. The lowest BCUT2D eigenvalue weighted by Gasteiger charge is -2.40. The Labute approximate surface area is 157 Å². The minimum Gasteiger partial charge on any atom is -0.469 e. The molecule has 2 N–H and O–H groups in total. The van der Waals surface area contributed by atoms with Gasteiger partial charge in [-0.2, -0.15) is 5.10 Å². The summed E-state index contributed by atoms with van der Waals surface area (Å²) in [6, 6.07) is 3.10. The highest BCUT2D eigenvalue weighted by Gasteiger charge is 2.50. The third kappa shape index (κ3) is 3.29. The van der Waals surface area contributed by atoms with Crippen molar-refractivity contribution in [3.05, 3.63) is 36.3 Å². The maximum absolute atomic E-state index is 12.7. The van der Waals surface area contributed by atoms with Crippen LogP contribution in [0.4, 0.5) is 4.79 Å². The number of amides is 3. The van der Waals surface area contributed by atoms with E-state index in [1.165, 1.54) is 6.33 Å². The zero-order chi connectivity index (χ0) is 18.9. The number of furan rings is 1. The topological polar surface area (TPSA) is 105 Å². The van der Waals surface area contributed by atoms with Gasteiger partial charge in [0.25, 0.3) is 0 Å². The second-order valence-corrected chi connectivity index (χ2v) is 7.21. The van der Waals surface area contributed by atoms with Gasteiger partial charge < -0.3 is 20.0 Å². The molecule has 27 heavy (non-hydrogen) atoms. The van der Waals surface area contributed by atoms with Crippen LogP contribution in [0.3, 0.4) is 0 Å². The van der Waals surface area contributed by atoms with Gasteiger partial charge in [-0.25, -0.2) is 14.5 Å². The van der Waals surface area contributed by atoms with Crippen molar-refractivity contribution >= 4 is 11.9 Å². The summed E-state index contributed by atoms with van der Waals surface area (Å²) in [5.41, 5.74) is -0.229. The fourth-order valence-corrected chi connectivity index (χ4v) is 4.20. The number of rotatable bonds is 4. The van der Waals surface area contributed by atoms with E-state index in [1.807, 2.05) is 22.6 Å². The number of aromatic nitrogens is 3. The molecule has 9 nitrogen and oxygen atoms in total. The van der Waals surface area contributed by atoms with Crippen LogP contribution in [-0.4, -0.2) is 51.2 Å². The molecule has 2 atom stereocenters. The van der Waals surface area contributed by atoms with Crippen molar-refractivity contribution in [1.29, 1.82) is 0 Å². The van der Waals surface area contributed by atoms with Gasteiger partial charge >= 0.3 is 6.03 Å². The number of fused-ring (bicyclic) bond motifs is 1. The minimum atomic E-state index is -0.276. The van der Waals surface area contributed by atoms with Gasteiger partial charge in [-0.15, -0.1) is 0 Å². The quantitative estimate of drug-likeness (QED) is 0.836. The first kappa shape index (κ1) is 17.6. The van der Waals surface area contributed by atoms with Crippen LogP contribution in [0.1, 0.15) is 37.4 Å². The predicted octanol–water partition coefficient (Wildman–Crippen LogP) is 1.10. The zero-order valence-corrected chi connectivity index (χ0v) is 15.4. The second kappa shape index (κ2) is 7.05.